The molecule has 0 amide bonds. The summed E-state index contributed by atoms with van der Waals surface area (Å²) in [4.78, 5) is 0. The van der Waals surface area contributed by atoms with Crippen molar-refractivity contribution in [1.29, 1.82) is 0 Å². The molecule has 0 fully saturated rings. The number of nitrogens with zero attached hydrogens (tertiary/aromatic N) is 1. The van der Waals surface area contributed by atoms with Crippen molar-refractivity contribution < 1.29 is 13.2 Å². The molecule has 7 heteroatoms. The molecule has 0 radical (unpaired) electrons. The minimum atomic E-state index is -3.41. The van der Waals surface area contributed by atoms with Crippen LogP contribution in [0, 0.1) is 0 Å². The van der Waals surface area contributed by atoms with Crippen LogP contribution in [0.5, 0.6) is 5.75 Å². The molecule has 0 atom stereocenters. The molecule has 0 aromatic heterocycles. The van der Waals surface area contributed by atoms with E-state index < -0.39 is 10.2 Å². The predicted molar refractivity (Wildman–Crippen MR) is 79.8 cm³/mol. The van der Waals surface area contributed by atoms with E-state index in [1.165, 1.54) is 4.31 Å². The largest absolute Gasteiger partial charge is 0.494 e. The van der Waals surface area contributed by atoms with Gasteiger partial charge in [-0.15, -0.1) is 0 Å². The molecule has 1 rings (SSSR count). The van der Waals surface area contributed by atoms with Gasteiger partial charge in [-0.3, -0.25) is 0 Å². The van der Waals surface area contributed by atoms with Gasteiger partial charge in [-0.05, 0) is 31.5 Å². The number of benzene rings is 1. The van der Waals surface area contributed by atoms with Crippen molar-refractivity contribution >= 4 is 10.2 Å². The third kappa shape index (κ3) is 6.33. The SMILES string of the molecule is CN(CCCN)S(=O)(=O)NCCCOc1ccccc1. The lowest BCUT2D eigenvalue weighted by molar-refractivity contribution is 0.311. The molecule has 114 valence electrons. The fraction of sp³-hybridized carbons (Fsp3) is 0.538. The highest BCUT2D eigenvalue weighted by Gasteiger charge is 2.15. The highest BCUT2D eigenvalue weighted by Crippen LogP contribution is 2.08. The molecule has 0 saturated heterocycles. The van der Waals surface area contributed by atoms with Crippen molar-refractivity contribution in [2.24, 2.45) is 5.73 Å². The van der Waals surface area contributed by atoms with Gasteiger partial charge in [0.05, 0.1) is 6.61 Å². The number of nitrogens with two attached hydrogens (primary N) is 1. The number of rotatable bonds is 10. The summed E-state index contributed by atoms with van der Waals surface area (Å²) in [6, 6.07) is 9.43. The van der Waals surface area contributed by atoms with Crippen LogP contribution in [-0.4, -0.2) is 46.0 Å². The van der Waals surface area contributed by atoms with Crippen LogP contribution < -0.4 is 15.2 Å². The summed E-state index contributed by atoms with van der Waals surface area (Å²) in [6.45, 7) is 1.72. The smallest absolute Gasteiger partial charge is 0.279 e. The third-order valence-corrected chi connectivity index (χ3v) is 4.28. The lowest BCUT2D eigenvalue weighted by atomic mass is 10.3. The molecule has 0 aliphatic heterocycles. The Hall–Kier alpha value is -1.15. The lowest BCUT2D eigenvalue weighted by Gasteiger charge is -2.17. The number of hydrogen-bond acceptors (Lipinski definition) is 4. The highest BCUT2D eigenvalue weighted by molar-refractivity contribution is 7.87. The topological polar surface area (TPSA) is 84.7 Å². The van der Waals surface area contributed by atoms with E-state index in [4.69, 9.17) is 10.5 Å². The Morgan fingerprint density at radius 1 is 1.25 bits per heavy atom. The van der Waals surface area contributed by atoms with Gasteiger partial charge in [-0.25, -0.2) is 4.72 Å². The Morgan fingerprint density at radius 2 is 1.95 bits per heavy atom. The van der Waals surface area contributed by atoms with Gasteiger partial charge in [-0.1, -0.05) is 18.2 Å². The fourth-order valence-electron chi connectivity index (χ4n) is 1.52. The normalized spacial score (nSPS) is 11.8. The van der Waals surface area contributed by atoms with Crippen LogP contribution in [0.15, 0.2) is 30.3 Å². The maximum atomic E-state index is 11.8. The summed E-state index contributed by atoms with van der Waals surface area (Å²) in [5.74, 6) is 0.787. The van der Waals surface area contributed by atoms with E-state index in [1.807, 2.05) is 30.3 Å². The second kappa shape index (κ2) is 8.91. The van der Waals surface area contributed by atoms with E-state index in [9.17, 15) is 8.42 Å². The Bertz CT molecular complexity index is 465. The molecular weight excluding hydrogens is 278 g/mol. The minimum Gasteiger partial charge on any atom is -0.494 e. The van der Waals surface area contributed by atoms with E-state index >= 15 is 0 Å². The standard InChI is InChI=1S/C13H23N3O3S/c1-16(11-5-9-14)20(17,18)15-10-6-12-19-13-7-3-2-4-8-13/h2-4,7-8,15H,5-6,9-12,14H2,1H3. The molecule has 0 unspecified atom stereocenters. The molecule has 20 heavy (non-hydrogen) atoms. The van der Waals surface area contributed by atoms with Crippen molar-refractivity contribution in [2.45, 2.75) is 12.8 Å². The van der Waals surface area contributed by atoms with Crippen LogP contribution >= 0.6 is 0 Å². The van der Waals surface area contributed by atoms with E-state index in [0.717, 1.165) is 5.75 Å². The van der Waals surface area contributed by atoms with Gasteiger partial charge in [0.15, 0.2) is 0 Å². The fourth-order valence-corrected chi connectivity index (χ4v) is 2.52. The molecule has 0 bridgehead atoms. The molecular formula is C13H23N3O3S. The summed E-state index contributed by atoms with van der Waals surface area (Å²) in [5.41, 5.74) is 5.36. The molecule has 0 spiro atoms. The average molecular weight is 301 g/mol. The second-order valence-corrected chi connectivity index (χ2v) is 6.24. The Labute approximate surface area is 121 Å². The molecule has 0 aliphatic carbocycles. The monoisotopic (exact) mass is 301 g/mol. The lowest BCUT2D eigenvalue weighted by Crippen LogP contribution is -2.39. The predicted octanol–water partition coefficient (Wildman–Crippen LogP) is 0.571. The van der Waals surface area contributed by atoms with Gasteiger partial charge in [0.2, 0.25) is 0 Å². The third-order valence-electron chi connectivity index (χ3n) is 2.70. The zero-order valence-electron chi connectivity index (χ0n) is 11.8. The molecule has 1 aromatic carbocycles. The van der Waals surface area contributed by atoms with Crippen molar-refractivity contribution in [3.05, 3.63) is 30.3 Å². The molecule has 6 nitrogen and oxygen atoms in total. The van der Waals surface area contributed by atoms with Gasteiger partial charge >= 0.3 is 0 Å². The second-order valence-electron chi connectivity index (χ2n) is 4.38. The van der Waals surface area contributed by atoms with Crippen LogP contribution in [0.2, 0.25) is 0 Å². The van der Waals surface area contributed by atoms with Crippen molar-refractivity contribution in [1.82, 2.24) is 9.03 Å². The molecule has 0 heterocycles. The molecule has 0 saturated carbocycles. The number of nitrogens with one attached hydrogen (secondary N) is 1. The van der Waals surface area contributed by atoms with Crippen LogP contribution in [0.3, 0.4) is 0 Å². The van der Waals surface area contributed by atoms with Crippen molar-refractivity contribution in [3.8, 4) is 5.75 Å². The maximum absolute atomic E-state index is 11.8. The first-order chi connectivity index (χ1) is 9.56. The summed E-state index contributed by atoms with van der Waals surface area (Å²) >= 11 is 0. The van der Waals surface area contributed by atoms with Crippen molar-refractivity contribution in [2.75, 3.05) is 33.3 Å². The minimum absolute atomic E-state index is 0.349. The summed E-state index contributed by atoms with van der Waals surface area (Å²) in [6.07, 6.45) is 1.26. The maximum Gasteiger partial charge on any atom is 0.279 e. The number of hydrogen-bond donors (Lipinski definition) is 2. The molecule has 0 aliphatic rings. The summed E-state index contributed by atoms with van der Waals surface area (Å²) < 4.78 is 32.9. The van der Waals surface area contributed by atoms with Crippen LogP contribution in [0.4, 0.5) is 0 Å². The first-order valence-corrected chi connectivity index (χ1v) is 8.09. The zero-order chi connectivity index (χ0) is 14.8. The van der Waals surface area contributed by atoms with Gasteiger partial charge in [0.1, 0.15) is 5.75 Å². The molecule has 1 aromatic rings. The van der Waals surface area contributed by atoms with Gasteiger partial charge in [0.25, 0.3) is 10.2 Å². The van der Waals surface area contributed by atoms with E-state index in [2.05, 4.69) is 4.72 Å². The Balaban J connectivity index is 2.20. The van der Waals surface area contributed by atoms with Gasteiger partial charge in [-0.2, -0.15) is 12.7 Å². The Kier molecular flexibility index (Phi) is 7.53. The van der Waals surface area contributed by atoms with Crippen LogP contribution in [0.1, 0.15) is 12.8 Å². The van der Waals surface area contributed by atoms with Gasteiger partial charge in [0, 0.05) is 20.1 Å². The first-order valence-electron chi connectivity index (χ1n) is 6.65. The van der Waals surface area contributed by atoms with Crippen LogP contribution in [0.25, 0.3) is 0 Å². The average Bonchev–Trinajstić information content (AvgIpc) is 2.45. The van der Waals surface area contributed by atoms with Crippen molar-refractivity contribution in [3.63, 3.8) is 0 Å². The first kappa shape index (κ1) is 16.9. The highest BCUT2D eigenvalue weighted by atomic mass is 32.2. The van der Waals surface area contributed by atoms with Gasteiger partial charge < -0.3 is 10.5 Å². The number of ether oxygens (including phenoxy) is 1. The summed E-state index contributed by atoms with van der Waals surface area (Å²) in [7, 11) is -1.87. The van der Waals surface area contributed by atoms with E-state index in [-0.39, 0.29) is 0 Å². The van der Waals surface area contributed by atoms with E-state index in [0.29, 0.717) is 39.1 Å². The number of para-hydroxylation sites is 1. The Morgan fingerprint density at radius 3 is 2.60 bits per heavy atom. The summed E-state index contributed by atoms with van der Waals surface area (Å²) in [5, 5.41) is 0. The quantitative estimate of drug-likeness (QED) is 0.619. The van der Waals surface area contributed by atoms with Crippen LogP contribution in [-0.2, 0) is 10.2 Å². The molecule has 3 N–H and O–H groups in total. The zero-order valence-corrected chi connectivity index (χ0v) is 12.6. The van der Waals surface area contributed by atoms with E-state index in [1.54, 1.807) is 7.05 Å².